The van der Waals surface area contributed by atoms with E-state index < -0.39 is 23.2 Å². The zero-order chi connectivity index (χ0) is 20.0. The van der Waals surface area contributed by atoms with Crippen molar-refractivity contribution < 1.29 is 24.5 Å². The van der Waals surface area contributed by atoms with Crippen LogP contribution in [0.1, 0.15) is 11.3 Å². The number of aromatic hydroxyl groups is 1. The summed E-state index contributed by atoms with van der Waals surface area (Å²) in [7, 11) is 3.84. The molecule has 2 aromatic heterocycles. The van der Waals surface area contributed by atoms with E-state index >= 15 is 0 Å². The van der Waals surface area contributed by atoms with Gasteiger partial charge >= 0.3 is 6.16 Å². The van der Waals surface area contributed by atoms with E-state index in [1.54, 1.807) is 0 Å². The first-order valence-electron chi connectivity index (χ1n) is 8.69. The molecule has 0 spiro atoms. The zero-order valence-electron chi connectivity index (χ0n) is 15.7. The van der Waals surface area contributed by atoms with Gasteiger partial charge in [0.2, 0.25) is 5.75 Å². The molecule has 4 rings (SSSR count). The van der Waals surface area contributed by atoms with Crippen molar-refractivity contribution in [1.29, 1.82) is 0 Å². The van der Waals surface area contributed by atoms with Gasteiger partial charge in [0.1, 0.15) is 5.75 Å². The van der Waals surface area contributed by atoms with E-state index in [2.05, 4.69) is 19.6 Å². The average molecular weight is 422 g/mol. The molecule has 0 saturated heterocycles. The number of aromatic nitrogens is 2. The molecule has 1 aromatic carbocycles. The van der Waals surface area contributed by atoms with Gasteiger partial charge in [-0.15, -0.1) is 12.4 Å². The molecule has 0 fully saturated rings. The van der Waals surface area contributed by atoms with Crippen LogP contribution in [-0.4, -0.2) is 39.6 Å². The average Bonchev–Trinajstić information content (AvgIpc) is 2.83. The van der Waals surface area contributed by atoms with E-state index in [1.165, 1.54) is 0 Å². The summed E-state index contributed by atoms with van der Waals surface area (Å²) in [4.78, 5) is 25.8. The topological polar surface area (TPSA) is 126 Å². The van der Waals surface area contributed by atoms with Crippen LogP contribution in [0.25, 0.3) is 22.2 Å². The molecule has 29 heavy (non-hydrogen) atoms. The molecule has 1 aliphatic rings. The minimum Gasteiger partial charge on any atom is -0.504 e. The van der Waals surface area contributed by atoms with Crippen molar-refractivity contribution >= 4 is 29.5 Å². The Morgan fingerprint density at radius 2 is 2.14 bits per heavy atom. The van der Waals surface area contributed by atoms with Crippen LogP contribution in [0.5, 0.6) is 17.2 Å². The number of nitrogens with one attached hydrogen (secondary N) is 2. The molecule has 0 unspecified atom stereocenters. The van der Waals surface area contributed by atoms with Crippen LogP contribution in [-0.2, 0) is 20.0 Å². The summed E-state index contributed by atoms with van der Waals surface area (Å²) < 4.78 is 12.4. The van der Waals surface area contributed by atoms with Crippen molar-refractivity contribution in [2.45, 2.75) is 13.0 Å². The van der Waals surface area contributed by atoms with Gasteiger partial charge in [0.25, 0.3) is 5.56 Å². The third-order valence-corrected chi connectivity index (χ3v) is 4.92. The van der Waals surface area contributed by atoms with Gasteiger partial charge in [0, 0.05) is 48.3 Å². The van der Waals surface area contributed by atoms with Crippen LogP contribution in [0.3, 0.4) is 0 Å². The second-order valence-corrected chi connectivity index (χ2v) is 6.58. The van der Waals surface area contributed by atoms with Gasteiger partial charge in [-0.05, 0) is 19.2 Å². The number of halogens is 1. The number of carbonyl (C=O) groups is 1. The molecule has 0 atom stereocenters. The first kappa shape index (κ1) is 20.6. The van der Waals surface area contributed by atoms with Gasteiger partial charge in [-0.1, -0.05) is 0 Å². The number of fused-ring (bicyclic) bond motifs is 4. The van der Waals surface area contributed by atoms with Crippen LogP contribution in [0, 0.1) is 0 Å². The predicted molar refractivity (Wildman–Crippen MR) is 109 cm³/mol. The van der Waals surface area contributed by atoms with E-state index in [0.717, 1.165) is 16.6 Å². The summed E-state index contributed by atoms with van der Waals surface area (Å²) in [6.45, 7) is 0.951. The minimum atomic E-state index is -1.67. The molecule has 0 amide bonds. The lowest BCUT2D eigenvalue weighted by Gasteiger charge is -2.12. The van der Waals surface area contributed by atoms with Gasteiger partial charge in [0.05, 0.1) is 17.8 Å². The molecule has 10 heteroatoms. The maximum Gasteiger partial charge on any atom is 0.511 e. The standard InChI is InChI=1S/C19H19N3O6.ClH/c1-20-8-10-5-9-6-12-14(7-13(9)22(10)2)27-4-3-11-15(12)21-18(24)17(16(11)23)28-19(25)26;/h5-7,20H,3-4,8H2,1-2H3,(H,25,26)(H2,21,23,24);1H. The highest BCUT2D eigenvalue weighted by atomic mass is 35.5. The second kappa shape index (κ2) is 7.69. The number of rotatable bonds is 3. The van der Waals surface area contributed by atoms with Crippen LogP contribution < -0.4 is 20.3 Å². The summed E-state index contributed by atoms with van der Waals surface area (Å²) in [6, 6.07) is 5.83. The number of ether oxygens (including phenoxy) is 2. The smallest absolute Gasteiger partial charge is 0.504 e. The third-order valence-electron chi connectivity index (χ3n) is 4.92. The number of hydrogen-bond acceptors (Lipinski definition) is 6. The number of aryl methyl sites for hydroxylation is 1. The van der Waals surface area contributed by atoms with Crippen LogP contribution in [0.4, 0.5) is 4.79 Å². The fraction of sp³-hybridized carbons (Fsp3) is 0.263. The van der Waals surface area contributed by atoms with Gasteiger partial charge in [-0.2, -0.15) is 0 Å². The molecule has 9 nitrogen and oxygen atoms in total. The van der Waals surface area contributed by atoms with Crippen LogP contribution in [0.2, 0.25) is 0 Å². The monoisotopic (exact) mass is 421 g/mol. The summed E-state index contributed by atoms with van der Waals surface area (Å²) in [6.07, 6.45) is -1.39. The van der Waals surface area contributed by atoms with E-state index in [9.17, 15) is 14.7 Å². The lowest BCUT2D eigenvalue weighted by Crippen LogP contribution is -2.17. The molecule has 3 aromatic rings. The summed E-state index contributed by atoms with van der Waals surface area (Å²) >= 11 is 0. The number of hydrogen-bond donors (Lipinski definition) is 4. The number of carboxylic acid groups (broad SMARTS) is 1. The van der Waals surface area contributed by atoms with E-state index in [1.807, 2.05) is 32.3 Å². The third kappa shape index (κ3) is 3.39. The lowest BCUT2D eigenvalue weighted by molar-refractivity contribution is 0.142. The Hall–Kier alpha value is -3.17. The van der Waals surface area contributed by atoms with Crippen molar-refractivity contribution in [2.75, 3.05) is 13.7 Å². The van der Waals surface area contributed by atoms with Gasteiger partial charge < -0.3 is 34.6 Å². The number of benzene rings is 1. The Balaban J connectivity index is 0.00000240. The van der Waals surface area contributed by atoms with Crippen molar-refractivity contribution in [2.24, 2.45) is 7.05 Å². The lowest BCUT2D eigenvalue weighted by atomic mass is 10.0. The highest BCUT2D eigenvalue weighted by molar-refractivity contribution is 5.90. The SMILES string of the molecule is CNCc1cc2cc3c(cc2n1C)OCCc1c-3[nH]c(=O)c(OC(=O)O)c1O.Cl. The molecule has 0 bridgehead atoms. The maximum atomic E-state index is 12.3. The van der Waals surface area contributed by atoms with E-state index in [0.29, 0.717) is 29.1 Å². The molecule has 4 N–H and O–H groups in total. The maximum absolute atomic E-state index is 12.3. The Morgan fingerprint density at radius 1 is 1.38 bits per heavy atom. The van der Waals surface area contributed by atoms with Gasteiger partial charge in [0.15, 0.2) is 5.75 Å². The second-order valence-electron chi connectivity index (χ2n) is 6.58. The van der Waals surface area contributed by atoms with Crippen molar-refractivity contribution in [3.8, 4) is 28.5 Å². The minimum absolute atomic E-state index is 0. The summed E-state index contributed by atoms with van der Waals surface area (Å²) in [5.74, 6) is -0.543. The van der Waals surface area contributed by atoms with E-state index in [4.69, 9.17) is 9.84 Å². The first-order chi connectivity index (χ1) is 13.4. The highest BCUT2D eigenvalue weighted by Gasteiger charge is 2.26. The van der Waals surface area contributed by atoms with Crippen LogP contribution in [0.15, 0.2) is 23.0 Å². The summed E-state index contributed by atoms with van der Waals surface area (Å²) in [5.41, 5.74) is 2.63. The Morgan fingerprint density at radius 3 is 2.83 bits per heavy atom. The molecule has 0 saturated carbocycles. The molecular formula is C19H20ClN3O6. The Kier molecular flexibility index (Phi) is 5.45. The number of H-pyrrole nitrogens is 1. The molecule has 1 aliphatic heterocycles. The molecule has 154 valence electrons. The molecule has 0 aliphatic carbocycles. The molecule has 3 heterocycles. The van der Waals surface area contributed by atoms with Gasteiger partial charge in [-0.3, -0.25) is 4.79 Å². The van der Waals surface area contributed by atoms with Crippen molar-refractivity contribution in [3.05, 3.63) is 39.8 Å². The van der Waals surface area contributed by atoms with Crippen molar-refractivity contribution in [3.63, 3.8) is 0 Å². The predicted octanol–water partition coefficient (Wildman–Crippen LogP) is 2.37. The fourth-order valence-corrected chi connectivity index (χ4v) is 3.62. The zero-order valence-corrected chi connectivity index (χ0v) is 16.6. The van der Waals surface area contributed by atoms with E-state index in [-0.39, 0.29) is 25.4 Å². The Bertz CT molecular complexity index is 1170. The van der Waals surface area contributed by atoms with Crippen molar-refractivity contribution in [1.82, 2.24) is 14.9 Å². The first-order valence-corrected chi connectivity index (χ1v) is 8.69. The van der Waals surface area contributed by atoms with Crippen LogP contribution >= 0.6 is 12.4 Å². The quantitative estimate of drug-likeness (QED) is 0.478. The molecular weight excluding hydrogens is 402 g/mol. The number of nitrogens with zero attached hydrogens (tertiary/aromatic N) is 1. The Labute approximate surface area is 171 Å². The highest BCUT2D eigenvalue weighted by Crippen LogP contribution is 2.41. The number of aromatic amines is 1. The largest absolute Gasteiger partial charge is 0.511 e. The summed E-state index contributed by atoms with van der Waals surface area (Å²) in [5, 5.41) is 23.4. The molecule has 0 radical (unpaired) electrons. The van der Waals surface area contributed by atoms with Gasteiger partial charge in [-0.25, -0.2) is 4.79 Å². The fourth-order valence-electron chi connectivity index (χ4n) is 3.62. The number of pyridine rings is 1. The normalized spacial score (nSPS) is 12.3.